The minimum atomic E-state index is 0. The molecule has 2 rings (SSSR count). The molecule has 0 saturated carbocycles. The average molecular weight is 406 g/mol. The van der Waals surface area contributed by atoms with Gasteiger partial charge in [-0.3, -0.25) is 4.79 Å². The molecule has 23 heavy (non-hydrogen) atoms. The first-order chi connectivity index (χ1) is 10.6. The quantitative estimate of drug-likeness (QED) is 0.788. The van der Waals surface area contributed by atoms with Crippen LogP contribution in [0.4, 0.5) is 0 Å². The number of hydrogen-bond acceptors (Lipinski definition) is 3. The van der Waals surface area contributed by atoms with Gasteiger partial charge in [0.2, 0.25) is 5.91 Å². The fraction of sp³-hybridized carbons (Fsp3) is 0.588. The van der Waals surface area contributed by atoms with Crippen molar-refractivity contribution in [1.82, 2.24) is 10.2 Å². The van der Waals surface area contributed by atoms with Crippen LogP contribution in [0.1, 0.15) is 26.7 Å². The van der Waals surface area contributed by atoms with E-state index in [1.165, 1.54) is 0 Å². The minimum absolute atomic E-state index is 0. The molecular formula is C17H26BrClN2O2. The van der Waals surface area contributed by atoms with Crippen LogP contribution in [-0.4, -0.2) is 43.1 Å². The van der Waals surface area contributed by atoms with E-state index in [4.69, 9.17) is 4.74 Å². The number of ether oxygens (including phenoxy) is 1. The Hall–Kier alpha value is -0.780. The fourth-order valence-electron chi connectivity index (χ4n) is 2.84. The molecule has 1 N–H and O–H groups in total. The zero-order valence-electron chi connectivity index (χ0n) is 13.8. The zero-order chi connectivity index (χ0) is 15.9. The van der Waals surface area contributed by atoms with E-state index < -0.39 is 0 Å². The Morgan fingerprint density at radius 2 is 2.09 bits per heavy atom. The highest BCUT2D eigenvalue weighted by Crippen LogP contribution is 2.19. The summed E-state index contributed by atoms with van der Waals surface area (Å²) in [5.74, 6) is 1.27. The third-order valence-electron chi connectivity index (χ3n) is 4.11. The normalized spacial score (nSPS) is 20.5. The summed E-state index contributed by atoms with van der Waals surface area (Å²) in [5, 5.41) is 3.39. The number of carbonyl (C=O) groups excluding carboxylic acids is 1. The van der Waals surface area contributed by atoms with Gasteiger partial charge in [-0.15, -0.1) is 12.4 Å². The molecule has 1 aromatic rings. The van der Waals surface area contributed by atoms with Gasteiger partial charge >= 0.3 is 0 Å². The largest absolute Gasteiger partial charge is 0.492 e. The number of benzene rings is 1. The molecular weight excluding hydrogens is 380 g/mol. The number of hydrogen-bond donors (Lipinski definition) is 1. The fourth-order valence-corrected chi connectivity index (χ4v) is 3.11. The predicted molar refractivity (Wildman–Crippen MR) is 99.3 cm³/mol. The first kappa shape index (κ1) is 20.3. The molecule has 0 spiro atoms. The van der Waals surface area contributed by atoms with Gasteiger partial charge in [-0.25, -0.2) is 0 Å². The zero-order valence-corrected chi connectivity index (χ0v) is 16.2. The van der Waals surface area contributed by atoms with Crippen LogP contribution in [0, 0.1) is 5.92 Å². The maximum Gasteiger partial charge on any atom is 0.225 e. The van der Waals surface area contributed by atoms with Crippen molar-refractivity contribution < 1.29 is 9.53 Å². The second kappa shape index (κ2) is 10.2. The van der Waals surface area contributed by atoms with E-state index in [1.807, 2.05) is 36.1 Å². The highest BCUT2D eigenvalue weighted by Gasteiger charge is 2.27. The molecule has 130 valence electrons. The Labute approximate surface area is 153 Å². The second-order valence-electron chi connectivity index (χ2n) is 5.80. The van der Waals surface area contributed by atoms with Crippen molar-refractivity contribution in [2.24, 2.45) is 5.92 Å². The van der Waals surface area contributed by atoms with Crippen LogP contribution in [0.5, 0.6) is 5.75 Å². The minimum Gasteiger partial charge on any atom is -0.492 e. The summed E-state index contributed by atoms with van der Waals surface area (Å²) in [6.45, 7) is 7.02. The molecule has 0 aromatic heterocycles. The lowest BCUT2D eigenvalue weighted by molar-refractivity contribution is -0.136. The Morgan fingerprint density at radius 1 is 1.39 bits per heavy atom. The van der Waals surface area contributed by atoms with Gasteiger partial charge in [-0.2, -0.15) is 0 Å². The number of halogens is 2. The molecule has 0 unspecified atom stereocenters. The number of nitrogens with zero attached hydrogens (tertiary/aromatic N) is 1. The van der Waals surface area contributed by atoms with Crippen LogP contribution in [-0.2, 0) is 4.79 Å². The number of piperidine rings is 1. The third-order valence-corrected chi connectivity index (χ3v) is 4.64. The van der Waals surface area contributed by atoms with Crippen molar-refractivity contribution in [3.63, 3.8) is 0 Å². The van der Waals surface area contributed by atoms with E-state index >= 15 is 0 Å². The molecule has 1 aromatic carbocycles. The molecule has 4 nitrogen and oxygen atoms in total. The molecule has 6 heteroatoms. The Balaban J connectivity index is 0.00000264. The summed E-state index contributed by atoms with van der Waals surface area (Å²) < 4.78 is 6.76. The van der Waals surface area contributed by atoms with Gasteiger partial charge in [0, 0.05) is 23.0 Å². The van der Waals surface area contributed by atoms with E-state index in [0.717, 1.165) is 36.2 Å². The molecule has 1 aliphatic rings. The summed E-state index contributed by atoms with van der Waals surface area (Å²) in [4.78, 5) is 14.5. The van der Waals surface area contributed by atoms with Crippen LogP contribution in [0.3, 0.4) is 0 Å². The lowest BCUT2D eigenvalue weighted by atomic mass is 9.92. The maximum absolute atomic E-state index is 12.6. The number of carbonyl (C=O) groups is 1. The van der Waals surface area contributed by atoms with Gasteiger partial charge in [0.05, 0.1) is 6.54 Å². The molecule has 0 radical (unpaired) electrons. The van der Waals surface area contributed by atoms with Crippen LogP contribution in [0.25, 0.3) is 0 Å². The molecule has 1 aliphatic heterocycles. The smallest absolute Gasteiger partial charge is 0.225 e. The van der Waals surface area contributed by atoms with Crippen molar-refractivity contribution in [3.05, 3.63) is 28.7 Å². The van der Waals surface area contributed by atoms with Crippen LogP contribution < -0.4 is 10.1 Å². The summed E-state index contributed by atoms with van der Waals surface area (Å²) in [5.41, 5.74) is 0. The number of nitrogens with one attached hydrogen (secondary N) is 1. The summed E-state index contributed by atoms with van der Waals surface area (Å²) in [6, 6.07) is 8.19. The van der Waals surface area contributed by atoms with Crippen molar-refractivity contribution >= 4 is 34.2 Å². The Kier molecular flexibility index (Phi) is 8.95. The second-order valence-corrected chi connectivity index (χ2v) is 6.71. The van der Waals surface area contributed by atoms with Gasteiger partial charge < -0.3 is 15.0 Å². The third kappa shape index (κ3) is 6.32. The van der Waals surface area contributed by atoms with Crippen molar-refractivity contribution in [2.45, 2.75) is 32.7 Å². The lowest BCUT2D eigenvalue weighted by Gasteiger charge is -2.31. The van der Waals surface area contributed by atoms with Crippen LogP contribution >= 0.6 is 28.3 Å². The van der Waals surface area contributed by atoms with E-state index in [1.54, 1.807) is 0 Å². The van der Waals surface area contributed by atoms with Gasteiger partial charge in [0.1, 0.15) is 12.4 Å². The summed E-state index contributed by atoms with van der Waals surface area (Å²) in [6.07, 6.45) is 1.87. The monoisotopic (exact) mass is 404 g/mol. The number of amides is 1. The average Bonchev–Trinajstić information content (AvgIpc) is 2.53. The van der Waals surface area contributed by atoms with Gasteiger partial charge in [0.25, 0.3) is 0 Å². The van der Waals surface area contributed by atoms with Gasteiger partial charge in [0.15, 0.2) is 0 Å². The first-order valence-corrected chi connectivity index (χ1v) is 8.80. The first-order valence-electron chi connectivity index (χ1n) is 8.00. The highest BCUT2D eigenvalue weighted by molar-refractivity contribution is 9.10. The van der Waals surface area contributed by atoms with Crippen molar-refractivity contribution in [1.29, 1.82) is 0 Å². The molecule has 1 amide bonds. The SMILES string of the molecule is CCN(CCOc1ccc(Br)cc1)C(=O)[C@H]1CCN[C@@H](C)C1.Cl. The Morgan fingerprint density at radius 3 is 2.70 bits per heavy atom. The van der Waals surface area contributed by atoms with Crippen molar-refractivity contribution in [3.8, 4) is 5.75 Å². The van der Waals surface area contributed by atoms with E-state index in [2.05, 4.69) is 28.2 Å². The molecule has 2 atom stereocenters. The van der Waals surface area contributed by atoms with E-state index in [-0.39, 0.29) is 24.2 Å². The predicted octanol–water partition coefficient (Wildman–Crippen LogP) is 3.49. The van der Waals surface area contributed by atoms with Crippen molar-refractivity contribution in [2.75, 3.05) is 26.2 Å². The molecule has 1 saturated heterocycles. The molecule has 0 aliphatic carbocycles. The highest BCUT2D eigenvalue weighted by atomic mass is 79.9. The summed E-state index contributed by atoms with van der Waals surface area (Å²) >= 11 is 3.40. The van der Waals surface area contributed by atoms with Crippen LogP contribution in [0.15, 0.2) is 28.7 Å². The standard InChI is InChI=1S/C17H25BrN2O2.ClH/c1-3-20(17(21)14-8-9-19-13(2)12-14)10-11-22-16-6-4-15(18)5-7-16;/h4-7,13-14,19H,3,8-12H2,1-2H3;1H/t13-,14-;/m0./s1. The van der Waals surface area contributed by atoms with Crippen LogP contribution in [0.2, 0.25) is 0 Å². The van der Waals surface area contributed by atoms with E-state index in [9.17, 15) is 4.79 Å². The van der Waals surface area contributed by atoms with Gasteiger partial charge in [-0.05, 0) is 57.5 Å². The number of likely N-dealkylation sites (N-methyl/N-ethyl adjacent to an activating group) is 1. The van der Waals surface area contributed by atoms with E-state index in [0.29, 0.717) is 19.2 Å². The number of rotatable bonds is 6. The maximum atomic E-state index is 12.6. The van der Waals surface area contributed by atoms with Gasteiger partial charge in [-0.1, -0.05) is 15.9 Å². The Bertz CT molecular complexity index is 484. The molecule has 1 heterocycles. The summed E-state index contributed by atoms with van der Waals surface area (Å²) in [7, 11) is 0. The molecule has 1 fully saturated rings. The molecule has 0 bridgehead atoms. The topological polar surface area (TPSA) is 41.6 Å². The lowest BCUT2D eigenvalue weighted by Crippen LogP contribution is -2.45.